The molecule has 27 heavy (non-hydrogen) atoms. The number of benzene rings is 2. The third-order valence-electron chi connectivity index (χ3n) is 3.78. The summed E-state index contributed by atoms with van der Waals surface area (Å²) in [5, 5.41) is 12.9. The van der Waals surface area contributed by atoms with Crippen LogP contribution in [0.15, 0.2) is 53.4 Å². The summed E-state index contributed by atoms with van der Waals surface area (Å²) in [6.07, 6.45) is 1.81. The number of phenols is 1. The molecule has 138 valence electrons. The monoisotopic (exact) mass is 418 g/mol. The van der Waals surface area contributed by atoms with Crippen molar-refractivity contribution in [3.63, 3.8) is 0 Å². The lowest BCUT2D eigenvalue weighted by molar-refractivity contribution is -0.122. The van der Waals surface area contributed by atoms with E-state index in [1.807, 2.05) is 12.1 Å². The van der Waals surface area contributed by atoms with Crippen molar-refractivity contribution in [2.75, 3.05) is 11.9 Å². The molecule has 2 N–H and O–H groups in total. The van der Waals surface area contributed by atoms with Crippen molar-refractivity contribution in [1.29, 1.82) is 0 Å². The maximum Gasteiger partial charge on any atom is 0.266 e. The van der Waals surface area contributed by atoms with Crippen LogP contribution in [0.5, 0.6) is 5.75 Å². The topological polar surface area (TPSA) is 69.6 Å². The highest BCUT2D eigenvalue weighted by Gasteiger charge is 2.32. The van der Waals surface area contributed by atoms with Gasteiger partial charge in [0.2, 0.25) is 5.91 Å². The molecule has 1 saturated heterocycles. The summed E-state index contributed by atoms with van der Waals surface area (Å²) in [5.41, 5.74) is 1.17. The number of thioether (sulfide) groups is 1. The molecule has 0 spiro atoms. The molecule has 8 heteroatoms. The Morgan fingerprint density at radius 1 is 1.22 bits per heavy atom. The van der Waals surface area contributed by atoms with Crippen LogP contribution in [0.1, 0.15) is 12.0 Å². The number of nitrogens with one attached hydrogen (secondary N) is 1. The maximum absolute atomic E-state index is 12.6. The van der Waals surface area contributed by atoms with Crippen LogP contribution in [0.3, 0.4) is 0 Å². The summed E-state index contributed by atoms with van der Waals surface area (Å²) >= 11 is 12.3. The van der Waals surface area contributed by atoms with Crippen molar-refractivity contribution >= 4 is 63.5 Å². The predicted molar refractivity (Wildman–Crippen MR) is 113 cm³/mol. The Bertz CT molecular complexity index is 929. The summed E-state index contributed by atoms with van der Waals surface area (Å²) in [6, 6.07) is 13.6. The van der Waals surface area contributed by atoms with E-state index >= 15 is 0 Å². The molecule has 1 heterocycles. The van der Waals surface area contributed by atoms with Gasteiger partial charge in [-0.25, -0.2) is 0 Å². The first-order chi connectivity index (χ1) is 12.9. The lowest BCUT2D eigenvalue weighted by Crippen LogP contribution is -2.31. The maximum atomic E-state index is 12.6. The zero-order valence-corrected chi connectivity index (χ0v) is 16.4. The van der Waals surface area contributed by atoms with E-state index in [1.54, 1.807) is 36.4 Å². The van der Waals surface area contributed by atoms with Crippen molar-refractivity contribution in [2.45, 2.75) is 6.42 Å². The molecule has 0 aliphatic carbocycles. The van der Waals surface area contributed by atoms with E-state index < -0.39 is 0 Å². The number of hydrogen-bond donors (Lipinski definition) is 2. The van der Waals surface area contributed by atoms with Crippen LogP contribution >= 0.6 is 35.6 Å². The van der Waals surface area contributed by atoms with Crippen molar-refractivity contribution in [2.24, 2.45) is 0 Å². The van der Waals surface area contributed by atoms with Gasteiger partial charge in [0.1, 0.15) is 10.1 Å². The Morgan fingerprint density at radius 3 is 2.63 bits per heavy atom. The molecular weight excluding hydrogens is 404 g/mol. The highest BCUT2D eigenvalue weighted by atomic mass is 35.5. The van der Waals surface area contributed by atoms with Gasteiger partial charge in [-0.2, -0.15) is 0 Å². The minimum absolute atomic E-state index is 0.0117. The third-order valence-corrected chi connectivity index (χ3v) is 5.41. The van der Waals surface area contributed by atoms with E-state index in [4.69, 9.17) is 23.8 Å². The van der Waals surface area contributed by atoms with Gasteiger partial charge in [0.25, 0.3) is 5.91 Å². The van der Waals surface area contributed by atoms with Gasteiger partial charge in [-0.05, 0) is 35.9 Å². The zero-order valence-electron chi connectivity index (χ0n) is 14.0. The van der Waals surface area contributed by atoms with Crippen molar-refractivity contribution in [3.8, 4) is 5.75 Å². The molecule has 1 aliphatic heterocycles. The average Bonchev–Trinajstić information content (AvgIpc) is 2.90. The summed E-state index contributed by atoms with van der Waals surface area (Å²) in [5.74, 6) is -0.551. The van der Waals surface area contributed by atoms with Gasteiger partial charge in [0, 0.05) is 18.0 Å². The molecule has 0 aromatic heterocycles. The molecule has 0 unspecified atom stereocenters. The number of phenolic OH excluding ortho intramolecular Hbond substituents is 1. The highest BCUT2D eigenvalue weighted by Crippen LogP contribution is 2.32. The number of halogens is 1. The molecule has 2 aromatic carbocycles. The first-order valence-corrected chi connectivity index (χ1v) is 9.63. The third kappa shape index (κ3) is 4.88. The van der Waals surface area contributed by atoms with E-state index in [0.29, 0.717) is 19.9 Å². The Morgan fingerprint density at radius 2 is 1.93 bits per heavy atom. The van der Waals surface area contributed by atoms with E-state index in [-0.39, 0.29) is 30.5 Å². The molecule has 0 saturated carbocycles. The van der Waals surface area contributed by atoms with Crippen LogP contribution in [0.4, 0.5) is 5.69 Å². The number of amides is 2. The fraction of sp³-hybridized carbons (Fsp3) is 0.105. The fourth-order valence-electron chi connectivity index (χ4n) is 2.41. The molecular formula is C19H15ClN2O3S2. The van der Waals surface area contributed by atoms with E-state index in [2.05, 4.69) is 5.32 Å². The van der Waals surface area contributed by atoms with Crippen LogP contribution in [-0.4, -0.2) is 32.7 Å². The summed E-state index contributed by atoms with van der Waals surface area (Å²) in [7, 11) is 0. The number of hydrogen-bond acceptors (Lipinski definition) is 5. The second-order valence-electron chi connectivity index (χ2n) is 5.70. The normalized spacial score (nSPS) is 15.4. The van der Waals surface area contributed by atoms with Crippen LogP contribution in [0, 0.1) is 0 Å². The molecule has 0 bridgehead atoms. The number of aromatic hydroxyl groups is 1. The van der Waals surface area contributed by atoms with Crippen LogP contribution in [-0.2, 0) is 9.59 Å². The van der Waals surface area contributed by atoms with Gasteiger partial charge in [0.05, 0.1) is 10.6 Å². The van der Waals surface area contributed by atoms with Gasteiger partial charge < -0.3 is 10.4 Å². The number of para-hydroxylation sites is 2. The van der Waals surface area contributed by atoms with E-state index in [0.717, 1.165) is 5.56 Å². The second kappa shape index (κ2) is 8.56. The SMILES string of the molecule is O=C(CCN1C(=O)C(=Cc2ccc(Cl)cc2)SC1=S)Nc1ccccc1O. The number of thiocarbonyl (C=S) groups is 1. The first-order valence-electron chi connectivity index (χ1n) is 8.03. The number of anilines is 1. The average molecular weight is 419 g/mol. The molecule has 0 radical (unpaired) electrons. The zero-order chi connectivity index (χ0) is 19.4. The minimum Gasteiger partial charge on any atom is -0.506 e. The standard InChI is InChI=1S/C19H15ClN2O3S2/c20-13-7-5-12(6-8-13)11-16-18(25)22(19(26)27-16)10-9-17(24)21-14-3-1-2-4-15(14)23/h1-8,11,23H,9-10H2,(H,21,24). The fourth-order valence-corrected chi connectivity index (χ4v) is 3.84. The Kier molecular flexibility index (Phi) is 6.15. The molecule has 5 nitrogen and oxygen atoms in total. The predicted octanol–water partition coefficient (Wildman–Crippen LogP) is 4.28. The van der Waals surface area contributed by atoms with Gasteiger partial charge in [0.15, 0.2) is 0 Å². The lowest BCUT2D eigenvalue weighted by Gasteiger charge is -2.14. The second-order valence-corrected chi connectivity index (χ2v) is 7.81. The van der Waals surface area contributed by atoms with Crippen molar-refractivity contribution < 1.29 is 14.7 Å². The number of nitrogens with zero attached hydrogens (tertiary/aromatic N) is 1. The largest absolute Gasteiger partial charge is 0.506 e. The summed E-state index contributed by atoms with van der Waals surface area (Å²) < 4.78 is 0.413. The first kappa shape index (κ1) is 19.4. The van der Waals surface area contributed by atoms with Gasteiger partial charge in [-0.15, -0.1) is 0 Å². The Balaban J connectivity index is 1.61. The molecule has 1 aliphatic rings. The quantitative estimate of drug-likeness (QED) is 0.431. The summed E-state index contributed by atoms with van der Waals surface area (Å²) in [6.45, 7) is 0.169. The van der Waals surface area contributed by atoms with Gasteiger partial charge in [-0.1, -0.05) is 59.8 Å². The van der Waals surface area contributed by atoms with Gasteiger partial charge >= 0.3 is 0 Å². The van der Waals surface area contributed by atoms with Crippen molar-refractivity contribution in [1.82, 2.24) is 4.90 Å². The Labute approximate surface area is 171 Å². The molecule has 3 rings (SSSR count). The van der Waals surface area contributed by atoms with Crippen LogP contribution in [0.2, 0.25) is 5.02 Å². The lowest BCUT2D eigenvalue weighted by atomic mass is 10.2. The molecule has 2 amide bonds. The number of carbonyl (C=O) groups is 2. The highest BCUT2D eigenvalue weighted by molar-refractivity contribution is 8.26. The summed E-state index contributed by atoms with van der Waals surface area (Å²) in [4.78, 5) is 26.6. The molecule has 0 atom stereocenters. The van der Waals surface area contributed by atoms with E-state index in [1.165, 1.54) is 22.7 Å². The number of carbonyl (C=O) groups excluding carboxylic acids is 2. The van der Waals surface area contributed by atoms with Crippen LogP contribution < -0.4 is 5.32 Å². The van der Waals surface area contributed by atoms with Crippen LogP contribution in [0.25, 0.3) is 6.08 Å². The smallest absolute Gasteiger partial charge is 0.266 e. The molecule has 2 aromatic rings. The van der Waals surface area contributed by atoms with E-state index in [9.17, 15) is 14.7 Å². The number of rotatable bonds is 5. The van der Waals surface area contributed by atoms with Crippen molar-refractivity contribution in [3.05, 3.63) is 64.0 Å². The molecule has 1 fully saturated rings. The van der Waals surface area contributed by atoms with Gasteiger partial charge in [-0.3, -0.25) is 14.5 Å². The Hall–Kier alpha value is -2.35. The minimum atomic E-state index is -0.313.